The Bertz CT molecular complexity index is 1090. The summed E-state index contributed by atoms with van der Waals surface area (Å²) in [7, 11) is 5.63. The standard InChI is InChI=1S/C26H36N4O6/c1-28(2)12-8-19-17-30(24-7-6-22(33-3)15-23(19)24)25(31)34-18-35-26(32)36-21-9-13-29(14-10-21)20-5-4-11-27-16-20/h4,6-7,11,15-17,21,26-27,32H,5,8-10,12-14,18H2,1-3H3. The Morgan fingerprint density at radius 2 is 2.08 bits per heavy atom. The molecule has 2 N–H and O–H groups in total. The number of fused-ring (bicyclic) bond motifs is 1. The molecule has 0 saturated carbocycles. The van der Waals surface area contributed by atoms with Crippen molar-refractivity contribution in [1.29, 1.82) is 0 Å². The second kappa shape index (κ2) is 12.3. The van der Waals surface area contributed by atoms with Crippen molar-refractivity contribution in [3.63, 3.8) is 0 Å². The van der Waals surface area contributed by atoms with Crippen LogP contribution in [0, 0.1) is 0 Å². The first-order chi connectivity index (χ1) is 17.4. The zero-order valence-corrected chi connectivity index (χ0v) is 21.2. The van der Waals surface area contributed by atoms with Gasteiger partial charge in [-0.2, -0.15) is 0 Å². The average molecular weight is 501 g/mol. The number of aliphatic hydroxyl groups is 1. The number of carbonyl (C=O) groups is 1. The van der Waals surface area contributed by atoms with Crippen LogP contribution in [0.5, 0.6) is 5.75 Å². The lowest BCUT2D eigenvalue weighted by molar-refractivity contribution is -0.303. The van der Waals surface area contributed by atoms with Gasteiger partial charge in [-0.3, -0.25) is 9.30 Å². The number of dihydropyridines is 1. The first-order valence-corrected chi connectivity index (χ1v) is 12.2. The molecular formula is C26H36N4O6. The van der Waals surface area contributed by atoms with Crippen LogP contribution in [0.15, 0.2) is 48.6 Å². The van der Waals surface area contributed by atoms with Gasteiger partial charge in [-0.05, 0) is 63.3 Å². The molecule has 0 radical (unpaired) electrons. The predicted octanol–water partition coefficient (Wildman–Crippen LogP) is 2.82. The highest BCUT2D eigenvalue weighted by Crippen LogP contribution is 2.27. The number of piperidine rings is 1. The molecule has 1 aromatic carbocycles. The molecule has 1 fully saturated rings. The summed E-state index contributed by atoms with van der Waals surface area (Å²) in [5, 5.41) is 14.2. The lowest BCUT2D eigenvalue weighted by Gasteiger charge is -2.35. The Kier molecular flexibility index (Phi) is 8.87. The lowest BCUT2D eigenvalue weighted by Crippen LogP contribution is -2.39. The first-order valence-electron chi connectivity index (χ1n) is 12.2. The predicted molar refractivity (Wildman–Crippen MR) is 135 cm³/mol. The van der Waals surface area contributed by atoms with E-state index in [9.17, 15) is 9.90 Å². The van der Waals surface area contributed by atoms with Crippen LogP contribution in [-0.4, -0.2) is 85.8 Å². The number of likely N-dealkylation sites (tertiary alicyclic amines) is 1. The molecule has 196 valence electrons. The normalized spacial score (nSPS) is 17.2. The number of hydrogen-bond acceptors (Lipinski definition) is 9. The summed E-state index contributed by atoms with van der Waals surface area (Å²) in [6, 6.07) is 5.55. The fraction of sp³-hybridized carbons (Fsp3) is 0.500. The van der Waals surface area contributed by atoms with Crippen molar-refractivity contribution in [1.82, 2.24) is 19.7 Å². The van der Waals surface area contributed by atoms with E-state index in [4.69, 9.17) is 18.9 Å². The SMILES string of the molecule is COc1ccc2c(c1)c(CCN(C)C)cn2C(=O)OCOC(O)OC1CCN(C2=CNC=CC2)CC1. The minimum absolute atomic E-state index is 0.123. The molecule has 1 atom stereocenters. The molecule has 10 nitrogen and oxygen atoms in total. The summed E-state index contributed by atoms with van der Waals surface area (Å²) in [4.78, 5) is 17.2. The fourth-order valence-corrected chi connectivity index (χ4v) is 4.47. The number of aromatic nitrogens is 1. The number of hydrogen-bond donors (Lipinski definition) is 2. The lowest BCUT2D eigenvalue weighted by atomic mass is 10.1. The molecule has 3 heterocycles. The van der Waals surface area contributed by atoms with Crippen molar-refractivity contribution in [3.8, 4) is 5.75 Å². The molecular weight excluding hydrogens is 464 g/mol. The fourth-order valence-electron chi connectivity index (χ4n) is 4.47. The van der Waals surface area contributed by atoms with Crippen molar-refractivity contribution in [3.05, 3.63) is 54.1 Å². The van der Waals surface area contributed by atoms with Crippen LogP contribution in [0.1, 0.15) is 24.8 Å². The Labute approximate surface area is 211 Å². The molecule has 2 aliphatic heterocycles. The van der Waals surface area contributed by atoms with Crippen molar-refractivity contribution in [2.75, 3.05) is 47.6 Å². The molecule has 0 bridgehead atoms. The molecule has 1 unspecified atom stereocenters. The Hall–Kier alpha value is -3.05. The number of likely N-dealkylation sites (N-methyl/N-ethyl adjacent to an activating group) is 1. The third-order valence-electron chi connectivity index (χ3n) is 6.46. The number of carbonyl (C=O) groups excluding carboxylic acids is 1. The van der Waals surface area contributed by atoms with Gasteiger partial charge in [0.05, 0.1) is 18.7 Å². The average Bonchev–Trinajstić information content (AvgIpc) is 3.26. The maximum Gasteiger partial charge on any atom is 0.420 e. The number of rotatable bonds is 10. The minimum Gasteiger partial charge on any atom is -0.497 e. The van der Waals surface area contributed by atoms with E-state index >= 15 is 0 Å². The van der Waals surface area contributed by atoms with Crippen LogP contribution >= 0.6 is 0 Å². The van der Waals surface area contributed by atoms with Gasteiger partial charge in [-0.15, -0.1) is 0 Å². The highest BCUT2D eigenvalue weighted by molar-refractivity contribution is 5.92. The topological polar surface area (TPSA) is 97.7 Å². The molecule has 2 aliphatic rings. The van der Waals surface area contributed by atoms with E-state index in [0.717, 1.165) is 67.5 Å². The van der Waals surface area contributed by atoms with Crippen LogP contribution in [-0.2, 0) is 20.6 Å². The van der Waals surface area contributed by atoms with Crippen LogP contribution in [0.3, 0.4) is 0 Å². The van der Waals surface area contributed by atoms with E-state index in [0.29, 0.717) is 0 Å². The van der Waals surface area contributed by atoms with Gasteiger partial charge in [-0.25, -0.2) is 4.79 Å². The van der Waals surface area contributed by atoms with E-state index in [2.05, 4.69) is 21.2 Å². The van der Waals surface area contributed by atoms with Gasteiger partial charge in [0.2, 0.25) is 0 Å². The number of benzene rings is 1. The molecule has 0 aliphatic carbocycles. The van der Waals surface area contributed by atoms with Gasteiger partial charge in [0.25, 0.3) is 6.48 Å². The molecule has 1 saturated heterocycles. The monoisotopic (exact) mass is 500 g/mol. The number of allylic oxidation sites excluding steroid dienone is 1. The van der Waals surface area contributed by atoms with Crippen molar-refractivity contribution >= 4 is 17.0 Å². The summed E-state index contributed by atoms with van der Waals surface area (Å²) < 4.78 is 22.9. The number of nitrogens with one attached hydrogen (secondary N) is 1. The highest BCUT2D eigenvalue weighted by Gasteiger charge is 2.24. The number of nitrogens with zero attached hydrogens (tertiary/aromatic N) is 3. The quantitative estimate of drug-likeness (QED) is 0.477. The maximum atomic E-state index is 12.8. The van der Waals surface area contributed by atoms with E-state index < -0.39 is 19.4 Å². The van der Waals surface area contributed by atoms with E-state index in [1.165, 1.54) is 10.3 Å². The van der Waals surface area contributed by atoms with Gasteiger partial charge < -0.3 is 34.4 Å². The third-order valence-corrected chi connectivity index (χ3v) is 6.46. The molecule has 4 rings (SSSR count). The summed E-state index contributed by atoms with van der Waals surface area (Å²) in [6.07, 6.45) is 10.3. The van der Waals surface area contributed by atoms with E-state index in [-0.39, 0.29) is 6.10 Å². The van der Waals surface area contributed by atoms with Gasteiger partial charge in [0, 0.05) is 49.5 Å². The Morgan fingerprint density at radius 1 is 1.28 bits per heavy atom. The molecule has 0 amide bonds. The molecule has 10 heteroatoms. The van der Waals surface area contributed by atoms with E-state index in [1.807, 2.05) is 38.6 Å². The van der Waals surface area contributed by atoms with Gasteiger partial charge in [0.15, 0.2) is 6.79 Å². The maximum absolute atomic E-state index is 12.8. The zero-order chi connectivity index (χ0) is 25.5. The molecule has 1 aromatic heterocycles. The summed E-state index contributed by atoms with van der Waals surface area (Å²) >= 11 is 0. The smallest absolute Gasteiger partial charge is 0.420 e. The van der Waals surface area contributed by atoms with Crippen molar-refractivity contribution in [2.24, 2.45) is 0 Å². The summed E-state index contributed by atoms with van der Waals surface area (Å²) in [5.41, 5.74) is 2.98. The number of aliphatic hydroxyl groups excluding tert-OH is 1. The Morgan fingerprint density at radius 3 is 2.78 bits per heavy atom. The van der Waals surface area contributed by atoms with E-state index in [1.54, 1.807) is 19.4 Å². The number of methoxy groups -OCH3 is 1. The number of ether oxygens (including phenoxy) is 4. The highest BCUT2D eigenvalue weighted by atomic mass is 16.8. The van der Waals surface area contributed by atoms with Crippen LogP contribution < -0.4 is 10.1 Å². The summed E-state index contributed by atoms with van der Waals surface area (Å²) in [6.45, 7) is 0.633. The second-order valence-corrected chi connectivity index (χ2v) is 9.19. The second-order valence-electron chi connectivity index (χ2n) is 9.19. The molecule has 36 heavy (non-hydrogen) atoms. The minimum atomic E-state index is -1.46. The van der Waals surface area contributed by atoms with Crippen LogP contribution in [0.2, 0.25) is 0 Å². The largest absolute Gasteiger partial charge is 0.497 e. The third kappa shape index (κ3) is 6.58. The Balaban J connectivity index is 1.26. The van der Waals surface area contributed by atoms with Gasteiger partial charge in [-0.1, -0.05) is 6.08 Å². The summed E-state index contributed by atoms with van der Waals surface area (Å²) in [5.74, 6) is 0.720. The first kappa shape index (κ1) is 26.0. The van der Waals surface area contributed by atoms with Crippen LogP contribution in [0.25, 0.3) is 10.9 Å². The van der Waals surface area contributed by atoms with Crippen molar-refractivity contribution < 1.29 is 28.8 Å². The zero-order valence-electron chi connectivity index (χ0n) is 21.2. The molecule has 0 spiro atoms. The van der Waals surface area contributed by atoms with Crippen molar-refractivity contribution in [2.45, 2.75) is 38.3 Å². The van der Waals surface area contributed by atoms with Gasteiger partial charge >= 0.3 is 6.09 Å². The van der Waals surface area contributed by atoms with Gasteiger partial charge in [0.1, 0.15) is 5.75 Å². The molecule has 2 aromatic rings. The van der Waals surface area contributed by atoms with Crippen LogP contribution in [0.4, 0.5) is 4.79 Å².